The van der Waals surface area contributed by atoms with E-state index in [1.807, 2.05) is 13.8 Å². The summed E-state index contributed by atoms with van der Waals surface area (Å²) in [5, 5.41) is 2.97. The van der Waals surface area contributed by atoms with Crippen molar-refractivity contribution in [3.8, 4) is 0 Å². The Hall–Kier alpha value is -1.16. The lowest BCUT2D eigenvalue weighted by atomic mass is 10.3. The molecule has 0 saturated heterocycles. The number of hydrogen-bond acceptors (Lipinski definition) is 3. The number of nitrogens with zero attached hydrogens (tertiary/aromatic N) is 2. The van der Waals surface area contributed by atoms with E-state index in [1.54, 1.807) is 0 Å². The molecule has 14 heavy (non-hydrogen) atoms. The van der Waals surface area contributed by atoms with E-state index in [2.05, 4.69) is 15.3 Å². The van der Waals surface area contributed by atoms with Crippen molar-refractivity contribution in [1.82, 2.24) is 15.3 Å². The van der Waals surface area contributed by atoms with Crippen LogP contribution in [0.2, 0.25) is 5.15 Å². The SMILES string of the molecule is CC(=O)NCc1nc(C)c(C)nc1Cl. The fourth-order valence-corrected chi connectivity index (χ4v) is 1.18. The molecule has 0 bridgehead atoms. The monoisotopic (exact) mass is 213 g/mol. The lowest BCUT2D eigenvalue weighted by Gasteiger charge is -2.06. The number of nitrogens with one attached hydrogen (secondary N) is 1. The van der Waals surface area contributed by atoms with Crippen molar-refractivity contribution in [3.05, 3.63) is 22.2 Å². The summed E-state index contributed by atoms with van der Waals surface area (Å²) in [4.78, 5) is 19.0. The molecule has 0 unspecified atom stereocenters. The van der Waals surface area contributed by atoms with Crippen LogP contribution in [0.1, 0.15) is 24.0 Å². The second-order valence-electron chi connectivity index (χ2n) is 3.04. The Kier molecular flexibility index (Phi) is 3.41. The lowest BCUT2D eigenvalue weighted by molar-refractivity contribution is -0.119. The van der Waals surface area contributed by atoms with Crippen LogP contribution in [0.3, 0.4) is 0 Å². The van der Waals surface area contributed by atoms with Gasteiger partial charge in [0.1, 0.15) is 0 Å². The van der Waals surface area contributed by atoms with Crippen molar-refractivity contribution in [2.45, 2.75) is 27.3 Å². The van der Waals surface area contributed by atoms with Gasteiger partial charge in [0.15, 0.2) is 5.15 Å². The third kappa shape index (κ3) is 2.67. The first-order chi connectivity index (χ1) is 6.50. The molecule has 0 saturated carbocycles. The van der Waals surface area contributed by atoms with E-state index in [0.717, 1.165) is 11.4 Å². The van der Waals surface area contributed by atoms with Crippen molar-refractivity contribution < 1.29 is 4.79 Å². The standard InChI is InChI=1S/C9H12ClN3O/c1-5-6(2)13-9(10)8(12-5)4-11-7(3)14/h4H2,1-3H3,(H,11,14). The first kappa shape index (κ1) is 10.9. The molecule has 0 aromatic carbocycles. The highest BCUT2D eigenvalue weighted by Gasteiger charge is 2.06. The maximum absolute atomic E-state index is 10.7. The van der Waals surface area contributed by atoms with E-state index in [1.165, 1.54) is 6.92 Å². The van der Waals surface area contributed by atoms with Gasteiger partial charge in [-0.25, -0.2) is 4.98 Å². The van der Waals surface area contributed by atoms with E-state index in [0.29, 0.717) is 17.4 Å². The molecule has 0 fully saturated rings. The number of rotatable bonds is 2. The van der Waals surface area contributed by atoms with E-state index < -0.39 is 0 Å². The summed E-state index contributed by atoms with van der Waals surface area (Å²) in [6.07, 6.45) is 0. The molecule has 5 heteroatoms. The summed E-state index contributed by atoms with van der Waals surface area (Å²) in [5.74, 6) is -0.110. The van der Waals surface area contributed by atoms with Crippen LogP contribution in [-0.2, 0) is 11.3 Å². The van der Waals surface area contributed by atoms with Gasteiger partial charge >= 0.3 is 0 Å². The molecule has 0 aliphatic rings. The lowest BCUT2D eigenvalue weighted by Crippen LogP contribution is -2.20. The first-order valence-corrected chi connectivity index (χ1v) is 4.62. The van der Waals surface area contributed by atoms with Crippen LogP contribution in [0.25, 0.3) is 0 Å². The topological polar surface area (TPSA) is 54.9 Å². The second kappa shape index (κ2) is 4.37. The Morgan fingerprint density at radius 3 is 2.50 bits per heavy atom. The van der Waals surface area contributed by atoms with Gasteiger partial charge in [-0.2, -0.15) is 0 Å². The molecule has 1 N–H and O–H groups in total. The number of hydrogen-bond donors (Lipinski definition) is 1. The molecule has 0 aliphatic heterocycles. The van der Waals surface area contributed by atoms with Gasteiger partial charge in [0.25, 0.3) is 0 Å². The van der Waals surface area contributed by atoms with Crippen LogP contribution in [-0.4, -0.2) is 15.9 Å². The van der Waals surface area contributed by atoms with Crippen molar-refractivity contribution in [3.63, 3.8) is 0 Å². The highest BCUT2D eigenvalue weighted by Crippen LogP contribution is 2.12. The molecule has 0 spiro atoms. The summed E-state index contributed by atoms with van der Waals surface area (Å²) in [5.41, 5.74) is 2.24. The van der Waals surface area contributed by atoms with Gasteiger partial charge in [-0.3, -0.25) is 9.78 Å². The zero-order valence-corrected chi connectivity index (χ0v) is 9.14. The first-order valence-electron chi connectivity index (χ1n) is 4.24. The fourth-order valence-electron chi connectivity index (χ4n) is 0.943. The molecule has 1 heterocycles. The van der Waals surface area contributed by atoms with Gasteiger partial charge in [0, 0.05) is 6.92 Å². The van der Waals surface area contributed by atoms with E-state index >= 15 is 0 Å². The van der Waals surface area contributed by atoms with Crippen molar-refractivity contribution in [1.29, 1.82) is 0 Å². The normalized spacial score (nSPS) is 10.0. The number of carbonyl (C=O) groups is 1. The molecule has 1 aromatic rings. The molecule has 1 rings (SSSR count). The number of halogens is 1. The van der Waals surface area contributed by atoms with Gasteiger partial charge in [0.2, 0.25) is 5.91 Å². The zero-order valence-electron chi connectivity index (χ0n) is 8.39. The largest absolute Gasteiger partial charge is 0.351 e. The molecule has 4 nitrogen and oxygen atoms in total. The third-order valence-electron chi connectivity index (χ3n) is 1.84. The predicted octanol–water partition coefficient (Wildman–Crippen LogP) is 1.38. The van der Waals surface area contributed by atoms with Crippen LogP contribution in [0, 0.1) is 13.8 Å². The molecular weight excluding hydrogens is 202 g/mol. The van der Waals surface area contributed by atoms with Gasteiger partial charge in [0.05, 0.1) is 23.6 Å². The molecule has 0 radical (unpaired) electrons. The van der Waals surface area contributed by atoms with Gasteiger partial charge in [-0.15, -0.1) is 0 Å². The number of aromatic nitrogens is 2. The second-order valence-corrected chi connectivity index (χ2v) is 3.40. The van der Waals surface area contributed by atoms with Crippen molar-refractivity contribution in [2.75, 3.05) is 0 Å². The Bertz CT molecular complexity index is 365. The maximum Gasteiger partial charge on any atom is 0.217 e. The summed E-state index contributed by atoms with van der Waals surface area (Å²) in [6.45, 7) is 5.47. The smallest absolute Gasteiger partial charge is 0.217 e. The Balaban J connectivity index is 2.87. The quantitative estimate of drug-likeness (QED) is 0.808. The van der Waals surface area contributed by atoms with Crippen LogP contribution < -0.4 is 5.32 Å². The van der Waals surface area contributed by atoms with Crippen molar-refractivity contribution >= 4 is 17.5 Å². The molecule has 0 atom stereocenters. The Labute approximate surface area is 87.7 Å². The van der Waals surface area contributed by atoms with Crippen molar-refractivity contribution in [2.24, 2.45) is 0 Å². The van der Waals surface area contributed by atoms with E-state index in [-0.39, 0.29) is 5.91 Å². The summed E-state index contributed by atoms with van der Waals surface area (Å²) in [6, 6.07) is 0. The number of amides is 1. The predicted molar refractivity (Wildman–Crippen MR) is 54.0 cm³/mol. The average molecular weight is 214 g/mol. The minimum atomic E-state index is -0.110. The Morgan fingerprint density at radius 2 is 1.93 bits per heavy atom. The average Bonchev–Trinajstić information content (AvgIpc) is 2.09. The highest BCUT2D eigenvalue weighted by molar-refractivity contribution is 6.30. The number of aryl methyl sites for hydroxylation is 2. The maximum atomic E-state index is 10.7. The molecule has 76 valence electrons. The minimum absolute atomic E-state index is 0.110. The van der Waals surface area contributed by atoms with E-state index in [4.69, 9.17) is 11.6 Å². The fraction of sp³-hybridized carbons (Fsp3) is 0.444. The molecule has 1 aromatic heterocycles. The highest BCUT2D eigenvalue weighted by atomic mass is 35.5. The van der Waals surface area contributed by atoms with E-state index in [9.17, 15) is 4.79 Å². The molecule has 0 aliphatic carbocycles. The third-order valence-corrected chi connectivity index (χ3v) is 2.14. The van der Waals surface area contributed by atoms with Gasteiger partial charge in [-0.05, 0) is 13.8 Å². The van der Waals surface area contributed by atoms with Crippen LogP contribution in [0.5, 0.6) is 0 Å². The summed E-state index contributed by atoms with van der Waals surface area (Å²) >= 11 is 5.86. The van der Waals surface area contributed by atoms with Crippen LogP contribution in [0.15, 0.2) is 0 Å². The summed E-state index contributed by atoms with van der Waals surface area (Å²) in [7, 11) is 0. The Morgan fingerprint density at radius 1 is 1.36 bits per heavy atom. The minimum Gasteiger partial charge on any atom is -0.351 e. The van der Waals surface area contributed by atoms with Crippen LogP contribution in [0.4, 0.5) is 0 Å². The van der Waals surface area contributed by atoms with Gasteiger partial charge in [-0.1, -0.05) is 11.6 Å². The summed E-state index contributed by atoms with van der Waals surface area (Å²) < 4.78 is 0. The number of carbonyl (C=O) groups excluding carboxylic acids is 1. The molecular formula is C9H12ClN3O. The zero-order chi connectivity index (χ0) is 10.7. The van der Waals surface area contributed by atoms with Gasteiger partial charge < -0.3 is 5.32 Å². The van der Waals surface area contributed by atoms with Crippen LogP contribution >= 0.6 is 11.6 Å². The molecule has 1 amide bonds.